The zero-order valence-corrected chi connectivity index (χ0v) is 26.4. The number of aryl methyl sites for hydroxylation is 2. The van der Waals surface area contributed by atoms with Crippen LogP contribution < -0.4 is 26.2 Å². The van der Waals surface area contributed by atoms with Gasteiger partial charge in [-0.15, -0.1) is 0 Å². The summed E-state index contributed by atoms with van der Waals surface area (Å²) < 4.78 is 12.6. The van der Waals surface area contributed by atoms with E-state index in [1.165, 1.54) is 54.1 Å². The summed E-state index contributed by atoms with van der Waals surface area (Å²) in [6.45, 7) is 12.7. The zero-order chi connectivity index (χ0) is 29.3. The minimum atomic E-state index is -2.54. The summed E-state index contributed by atoms with van der Waals surface area (Å²) in [4.78, 5) is 0. The lowest BCUT2D eigenvalue weighted by Crippen LogP contribution is -2.72. The SMILES string of the molecule is Cc1ccc([Si]2(c3ccc(C)cc3)c3ccccc3-c3ccc(-c4ccc(B5OC(C)(C)C(C)(C)O5)cc4)cc32)cc1. The quantitative estimate of drug-likeness (QED) is 0.259. The van der Waals surface area contributed by atoms with Crippen LogP contribution in [0.2, 0.25) is 0 Å². The summed E-state index contributed by atoms with van der Waals surface area (Å²) in [6, 6.07) is 43.5. The van der Waals surface area contributed by atoms with Crippen LogP contribution in [0.15, 0.2) is 115 Å². The van der Waals surface area contributed by atoms with Crippen molar-refractivity contribution < 1.29 is 9.31 Å². The van der Waals surface area contributed by atoms with Gasteiger partial charge in [0.15, 0.2) is 8.07 Å². The molecule has 1 saturated heterocycles. The Labute approximate surface area is 251 Å². The molecule has 0 saturated carbocycles. The average molecular weight is 565 g/mol. The fraction of sp³-hybridized carbons (Fsp3) is 0.211. The van der Waals surface area contributed by atoms with E-state index in [2.05, 4.69) is 157 Å². The molecule has 0 aromatic heterocycles. The lowest BCUT2D eigenvalue weighted by Gasteiger charge is -2.32. The average Bonchev–Trinajstić information content (AvgIpc) is 3.40. The Balaban J connectivity index is 1.38. The Hall–Kier alpha value is -3.70. The number of fused-ring (bicyclic) bond motifs is 3. The largest absolute Gasteiger partial charge is 0.494 e. The van der Waals surface area contributed by atoms with Crippen LogP contribution in [0.25, 0.3) is 22.3 Å². The molecule has 0 unspecified atom stereocenters. The first-order valence-electron chi connectivity index (χ1n) is 14.9. The molecule has 42 heavy (non-hydrogen) atoms. The summed E-state index contributed by atoms with van der Waals surface area (Å²) in [5.41, 5.74) is 8.07. The molecule has 5 aromatic rings. The minimum Gasteiger partial charge on any atom is -0.399 e. The van der Waals surface area contributed by atoms with Crippen molar-refractivity contribution in [2.75, 3.05) is 0 Å². The molecule has 2 aliphatic heterocycles. The van der Waals surface area contributed by atoms with Gasteiger partial charge in [-0.3, -0.25) is 0 Å². The predicted molar refractivity (Wildman–Crippen MR) is 180 cm³/mol. The highest BCUT2D eigenvalue weighted by Crippen LogP contribution is 2.37. The van der Waals surface area contributed by atoms with Gasteiger partial charge in [0.2, 0.25) is 0 Å². The molecule has 0 bridgehead atoms. The molecule has 2 aliphatic rings. The highest BCUT2D eigenvalue weighted by molar-refractivity contribution is 7.22. The van der Waals surface area contributed by atoms with Gasteiger partial charge in [-0.1, -0.05) is 126 Å². The Morgan fingerprint density at radius 2 is 1.02 bits per heavy atom. The van der Waals surface area contributed by atoms with Gasteiger partial charge < -0.3 is 9.31 Å². The van der Waals surface area contributed by atoms with E-state index >= 15 is 0 Å². The Bertz CT molecular complexity index is 1730. The normalized spacial score (nSPS) is 17.6. The Kier molecular flexibility index (Phi) is 6.25. The maximum Gasteiger partial charge on any atom is 0.494 e. The number of hydrogen-bond acceptors (Lipinski definition) is 2. The standard InChI is InChI=1S/C38H37BO2Si/c1-26-11-20-31(21-12-26)42(32-22-13-27(2)14-23-32)35-10-8-7-9-33(35)34-24-17-29(25-36(34)42)28-15-18-30(19-16-28)39-40-37(3,4)38(5,6)41-39/h7-25H,1-6H3. The van der Waals surface area contributed by atoms with E-state index in [-0.39, 0.29) is 18.3 Å². The highest BCUT2D eigenvalue weighted by Gasteiger charge is 2.52. The van der Waals surface area contributed by atoms with Crippen molar-refractivity contribution in [3.8, 4) is 22.3 Å². The first-order chi connectivity index (χ1) is 20.1. The van der Waals surface area contributed by atoms with Crippen molar-refractivity contribution in [1.29, 1.82) is 0 Å². The molecule has 0 radical (unpaired) electrons. The monoisotopic (exact) mass is 564 g/mol. The maximum atomic E-state index is 6.32. The third kappa shape index (κ3) is 4.08. The molecule has 4 heteroatoms. The second-order valence-corrected chi connectivity index (χ2v) is 16.7. The van der Waals surface area contributed by atoms with Crippen molar-refractivity contribution in [2.24, 2.45) is 0 Å². The van der Waals surface area contributed by atoms with Crippen LogP contribution in [0.4, 0.5) is 0 Å². The van der Waals surface area contributed by atoms with E-state index in [0.29, 0.717) is 0 Å². The van der Waals surface area contributed by atoms with Crippen LogP contribution in [0.5, 0.6) is 0 Å². The molecule has 0 amide bonds. The number of hydrogen-bond donors (Lipinski definition) is 0. The fourth-order valence-corrected chi connectivity index (χ4v) is 11.8. The summed E-state index contributed by atoms with van der Waals surface area (Å²) in [5.74, 6) is 0. The minimum absolute atomic E-state index is 0.356. The lowest BCUT2D eigenvalue weighted by atomic mass is 9.78. The molecule has 2 nitrogen and oxygen atoms in total. The van der Waals surface area contributed by atoms with Gasteiger partial charge in [0.05, 0.1) is 11.2 Å². The zero-order valence-electron chi connectivity index (χ0n) is 25.4. The smallest absolute Gasteiger partial charge is 0.399 e. The van der Waals surface area contributed by atoms with Gasteiger partial charge in [-0.25, -0.2) is 0 Å². The predicted octanol–water partition coefficient (Wildman–Crippen LogP) is 5.63. The second-order valence-electron chi connectivity index (χ2n) is 13.0. The van der Waals surface area contributed by atoms with E-state index < -0.39 is 8.07 Å². The van der Waals surface area contributed by atoms with E-state index in [0.717, 1.165) is 5.46 Å². The second kappa shape index (κ2) is 9.67. The van der Waals surface area contributed by atoms with Crippen LogP contribution >= 0.6 is 0 Å². The first kappa shape index (κ1) is 27.2. The third-order valence-electron chi connectivity index (χ3n) is 9.78. The Morgan fingerprint density at radius 3 is 1.60 bits per heavy atom. The van der Waals surface area contributed by atoms with Gasteiger partial charge in [-0.05, 0) is 90.0 Å². The van der Waals surface area contributed by atoms with Crippen LogP contribution in [0.1, 0.15) is 38.8 Å². The molecular formula is C38H37BO2Si. The van der Waals surface area contributed by atoms with Gasteiger partial charge in [0, 0.05) is 0 Å². The van der Waals surface area contributed by atoms with Gasteiger partial charge in [0.25, 0.3) is 0 Å². The molecule has 1 fully saturated rings. The van der Waals surface area contributed by atoms with Crippen molar-refractivity contribution >= 4 is 41.4 Å². The van der Waals surface area contributed by atoms with Gasteiger partial charge in [-0.2, -0.15) is 0 Å². The van der Waals surface area contributed by atoms with Crippen LogP contribution in [-0.4, -0.2) is 26.4 Å². The lowest BCUT2D eigenvalue weighted by molar-refractivity contribution is 0.00578. The number of benzene rings is 5. The highest BCUT2D eigenvalue weighted by atomic mass is 28.3. The van der Waals surface area contributed by atoms with Crippen molar-refractivity contribution in [3.63, 3.8) is 0 Å². The van der Waals surface area contributed by atoms with E-state index in [9.17, 15) is 0 Å². The van der Waals surface area contributed by atoms with E-state index in [1.54, 1.807) is 0 Å². The summed E-state index contributed by atoms with van der Waals surface area (Å²) in [6.07, 6.45) is 0. The van der Waals surface area contributed by atoms with Gasteiger partial charge >= 0.3 is 7.12 Å². The molecule has 208 valence electrons. The van der Waals surface area contributed by atoms with Crippen molar-refractivity contribution in [3.05, 3.63) is 126 Å². The maximum absolute atomic E-state index is 6.32. The third-order valence-corrected chi connectivity index (χ3v) is 14.6. The summed E-state index contributed by atoms with van der Waals surface area (Å²) in [7, 11) is -2.90. The van der Waals surface area contributed by atoms with Crippen molar-refractivity contribution in [2.45, 2.75) is 52.7 Å². The topological polar surface area (TPSA) is 18.5 Å². The van der Waals surface area contributed by atoms with Crippen LogP contribution in [-0.2, 0) is 9.31 Å². The molecule has 0 aliphatic carbocycles. The van der Waals surface area contributed by atoms with Crippen molar-refractivity contribution in [1.82, 2.24) is 0 Å². The van der Waals surface area contributed by atoms with Gasteiger partial charge in [0.1, 0.15) is 0 Å². The molecule has 2 heterocycles. The van der Waals surface area contributed by atoms with Crippen LogP contribution in [0, 0.1) is 13.8 Å². The number of rotatable bonds is 4. The molecule has 5 aromatic carbocycles. The fourth-order valence-electron chi connectivity index (χ4n) is 6.67. The summed E-state index contributed by atoms with van der Waals surface area (Å²) >= 11 is 0. The van der Waals surface area contributed by atoms with E-state index in [1.807, 2.05) is 0 Å². The summed E-state index contributed by atoms with van der Waals surface area (Å²) in [5, 5.41) is 5.79. The Morgan fingerprint density at radius 1 is 0.524 bits per heavy atom. The molecule has 0 spiro atoms. The van der Waals surface area contributed by atoms with E-state index in [4.69, 9.17) is 9.31 Å². The van der Waals surface area contributed by atoms with Crippen LogP contribution in [0.3, 0.4) is 0 Å². The molecule has 7 rings (SSSR count). The molecule has 0 atom stereocenters. The molecular weight excluding hydrogens is 527 g/mol. The molecule has 0 N–H and O–H groups in total. The first-order valence-corrected chi connectivity index (χ1v) is 16.9.